The smallest absolute Gasteiger partial charge is 0.271 e. The molecule has 2 N–H and O–H groups in total. The Kier molecular flexibility index (Phi) is 7.12. The third-order valence-corrected chi connectivity index (χ3v) is 7.12. The zero-order valence-electron chi connectivity index (χ0n) is 16.8. The summed E-state index contributed by atoms with van der Waals surface area (Å²) in [6.07, 6.45) is 0. The van der Waals surface area contributed by atoms with Gasteiger partial charge in [0.15, 0.2) is 0 Å². The van der Waals surface area contributed by atoms with E-state index in [1.54, 1.807) is 35.7 Å². The monoisotopic (exact) mass is 444 g/mol. The number of sulfonamides is 1. The number of hydrogen-bond acceptors (Lipinski definition) is 5. The zero-order chi connectivity index (χ0) is 21.6. The summed E-state index contributed by atoms with van der Waals surface area (Å²) in [5.41, 5.74) is 1.97. The molecule has 0 aliphatic heterocycles. The maximum Gasteiger partial charge on any atom is 0.271 e. The lowest BCUT2D eigenvalue weighted by Crippen LogP contribution is -2.28. The summed E-state index contributed by atoms with van der Waals surface area (Å²) >= 11 is 1.14. The highest BCUT2D eigenvalue weighted by Gasteiger charge is 2.15. The Morgan fingerprint density at radius 1 is 1.03 bits per heavy atom. The first-order chi connectivity index (χ1) is 14.4. The summed E-state index contributed by atoms with van der Waals surface area (Å²) < 4.78 is 33.0. The minimum absolute atomic E-state index is 0.239. The number of rotatable bonds is 9. The van der Waals surface area contributed by atoms with E-state index in [1.807, 2.05) is 24.3 Å². The van der Waals surface area contributed by atoms with Crippen LogP contribution in [0.1, 0.15) is 35.7 Å². The van der Waals surface area contributed by atoms with Gasteiger partial charge >= 0.3 is 0 Å². The minimum atomic E-state index is -3.61. The summed E-state index contributed by atoms with van der Waals surface area (Å²) in [5.74, 6) is 0.930. The highest BCUT2D eigenvalue weighted by molar-refractivity contribution is 7.94. The highest BCUT2D eigenvalue weighted by atomic mass is 32.2. The quantitative estimate of drug-likeness (QED) is 0.477. The molecule has 0 spiro atoms. The molecule has 0 saturated carbocycles. The Hall–Kier alpha value is -2.84. The van der Waals surface area contributed by atoms with E-state index in [0.717, 1.165) is 22.6 Å². The van der Waals surface area contributed by atoms with Gasteiger partial charge < -0.3 is 10.1 Å². The first-order valence-corrected chi connectivity index (χ1v) is 11.9. The second-order valence-corrected chi connectivity index (χ2v) is 9.77. The van der Waals surface area contributed by atoms with E-state index >= 15 is 0 Å². The number of benzene rings is 2. The van der Waals surface area contributed by atoms with Crippen molar-refractivity contribution in [3.63, 3.8) is 0 Å². The topological polar surface area (TPSA) is 84.5 Å². The van der Waals surface area contributed by atoms with E-state index in [4.69, 9.17) is 4.74 Å². The molecule has 1 heterocycles. The second kappa shape index (κ2) is 9.77. The van der Waals surface area contributed by atoms with Gasteiger partial charge in [-0.15, -0.1) is 11.3 Å². The summed E-state index contributed by atoms with van der Waals surface area (Å²) in [7, 11) is -3.61. The van der Waals surface area contributed by atoms with Gasteiger partial charge in [0.05, 0.1) is 6.54 Å². The van der Waals surface area contributed by atoms with Crippen LogP contribution in [0.25, 0.3) is 0 Å². The van der Waals surface area contributed by atoms with Crippen LogP contribution in [0.5, 0.6) is 5.75 Å². The Morgan fingerprint density at radius 2 is 1.77 bits per heavy atom. The molecule has 0 bridgehead atoms. The number of anilines is 1. The molecule has 6 nitrogen and oxygen atoms in total. The van der Waals surface area contributed by atoms with Gasteiger partial charge in [-0.3, -0.25) is 9.52 Å². The molecule has 3 aromatic rings. The van der Waals surface area contributed by atoms with Crippen molar-refractivity contribution >= 4 is 33.0 Å². The molecule has 1 amide bonds. The third kappa shape index (κ3) is 5.61. The van der Waals surface area contributed by atoms with E-state index in [2.05, 4.69) is 23.9 Å². The SMILES string of the molecule is CC(C)c1ccccc1OCCNC(=O)c1ccc(NS(=O)(=O)c2cccs2)cc1. The number of carbonyl (C=O) groups is 1. The molecule has 0 saturated heterocycles. The van der Waals surface area contributed by atoms with Crippen LogP contribution in [0.15, 0.2) is 70.3 Å². The molecule has 0 atom stereocenters. The maximum absolute atomic E-state index is 12.3. The molecular formula is C22H24N2O4S2. The number of ether oxygens (including phenoxy) is 1. The van der Waals surface area contributed by atoms with Crippen molar-refractivity contribution in [1.82, 2.24) is 5.32 Å². The number of thiophene rings is 1. The lowest BCUT2D eigenvalue weighted by Gasteiger charge is -2.14. The van der Waals surface area contributed by atoms with E-state index in [1.165, 1.54) is 6.07 Å². The summed E-state index contributed by atoms with van der Waals surface area (Å²) in [6.45, 7) is 4.93. The second-order valence-electron chi connectivity index (χ2n) is 6.91. The van der Waals surface area contributed by atoms with Crippen LogP contribution in [-0.2, 0) is 10.0 Å². The van der Waals surface area contributed by atoms with Gasteiger partial charge in [0.25, 0.3) is 15.9 Å². The first kappa shape index (κ1) is 21.9. The normalized spacial score (nSPS) is 11.3. The van der Waals surface area contributed by atoms with Gasteiger partial charge in [-0.25, -0.2) is 8.42 Å². The lowest BCUT2D eigenvalue weighted by atomic mass is 10.0. The first-order valence-electron chi connectivity index (χ1n) is 9.53. The van der Waals surface area contributed by atoms with Crippen LogP contribution >= 0.6 is 11.3 Å². The van der Waals surface area contributed by atoms with Gasteiger partial charge in [-0.2, -0.15) is 0 Å². The number of hydrogen-bond donors (Lipinski definition) is 2. The van der Waals surface area contributed by atoms with Crippen LogP contribution in [0, 0.1) is 0 Å². The number of para-hydroxylation sites is 1. The predicted octanol–water partition coefficient (Wildman–Crippen LogP) is 4.48. The molecule has 0 aliphatic rings. The molecule has 2 aromatic carbocycles. The van der Waals surface area contributed by atoms with E-state index in [0.29, 0.717) is 30.3 Å². The van der Waals surface area contributed by atoms with Crippen molar-refractivity contribution in [1.29, 1.82) is 0 Å². The number of carbonyl (C=O) groups excluding carboxylic acids is 1. The summed E-state index contributed by atoms with van der Waals surface area (Å²) in [6, 6.07) is 17.4. The summed E-state index contributed by atoms with van der Waals surface area (Å²) in [5, 5.41) is 4.51. The van der Waals surface area contributed by atoms with Crippen molar-refractivity contribution in [3.8, 4) is 5.75 Å². The van der Waals surface area contributed by atoms with Crippen LogP contribution in [0.3, 0.4) is 0 Å². The van der Waals surface area contributed by atoms with Crippen LogP contribution in [0.2, 0.25) is 0 Å². The van der Waals surface area contributed by atoms with E-state index in [9.17, 15) is 13.2 Å². The molecule has 0 fully saturated rings. The van der Waals surface area contributed by atoms with Crippen molar-refractivity contribution in [2.75, 3.05) is 17.9 Å². The van der Waals surface area contributed by atoms with Gasteiger partial charge in [-0.05, 0) is 53.3 Å². The molecule has 0 radical (unpaired) electrons. The molecule has 30 heavy (non-hydrogen) atoms. The average molecular weight is 445 g/mol. The fourth-order valence-corrected chi connectivity index (χ4v) is 4.88. The molecule has 0 unspecified atom stereocenters. The Balaban J connectivity index is 1.51. The van der Waals surface area contributed by atoms with Crippen molar-refractivity contribution in [2.45, 2.75) is 24.0 Å². The summed E-state index contributed by atoms with van der Waals surface area (Å²) in [4.78, 5) is 12.3. The molecule has 1 aromatic heterocycles. The van der Waals surface area contributed by atoms with Gasteiger partial charge in [0.1, 0.15) is 16.6 Å². The maximum atomic E-state index is 12.3. The lowest BCUT2D eigenvalue weighted by molar-refractivity contribution is 0.0947. The average Bonchev–Trinajstić information content (AvgIpc) is 3.27. The molecule has 0 aliphatic carbocycles. The highest BCUT2D eigenvalue weighted by Crippen LogP contribution is 2.25. The zero-order valence-corrected chi connectivity index (χ0v) is 18.4. The predicted molar refractivity (Wildman–Crippen MR) is 120 cm³/mol. The van der Waals surface area contributed by atoms with Gasteiger partial charge in [0.2, 0.25) is 0 Å². The van der Waals surface area contributed by atoms with Crippen LogP contribution in [-0.4, -0.2) is 27.5 Å². The van der Waals surface area contributed by atoms with E-state index in [-0.39, 0.29) is 10.1 Å². The molecule has 158 valence electrons. The minimum Gasteiger partial charge on any atom is -0.491 e. The third-order valence-electron chi connectivity index (χ3n) is 4.35. The van der Waals surface area contributed by atoms with Gasteiger partial charge in [0, 0.05) is 11.3 Å². The van der Waals surface area contributed by atoms with Crippen molar-refractivity contribution in [2.24, 2.45) is 0 Å². The Bertz CT molecular complexity index is 1080. The van der Waals surface area contributed by atoms with E-state index < -0.39 is 10.0 Å². The largest absolute Gasteiger partial charge is 0.491 e. The fourth-order valence-electron chi connectivity index (χ4n) is 2.83. The molecule has 8 heteroatoms. The molecular weight excluding hydrogens is 420 g/mol. The number of amides is 1. The van der Waals surface area contributed by atoms with Crippen LogP contribution < -0.4 is 14.8 Å². The Labute approximate surface area is 181 Å². The van der Waals surface area contributed by atoms with Crippen molar-refractivity contribution in [3.05, 3.63) is 77.2 Å². The fraction of sp³-hybridized carbons (Fsp3) is 0.227. The van der Waals surface area contributed by atoms with Gasteiger partial charge in [-0.1, -0.05) is 38.1 Å². The standard InChI is InChI=1S/C22H24N2O4S2/c1-16(2)19-6-3-4-7-20(19)28-14-13-23-22(25)17-9-11-18(12-10-17)24-30(26,27)21-8-5-15-29-21/h3-12,15-16,24H,13-14H2,1-2H3,(H,23,25). The van der Waals surface area contributed by atoms with Crippen molar-refractivity contribution < 1.29 is 17.9 Å². The molecule has 3 rings (SSSR count). The number of nitrogens with one attached hydrogen (secondary N) is 2. The Morgan fingerprint density at radius 3 is 2.43 bits per heavy atom. The van der Waals surface area contributed by atoms with Crippen LogP contribution in [0.4, 0.5) is 5.69 Å².